The Morgan fingerprint density at radius 1 is 1.27 bits per heavy atom. The molecule has 0 aromatic carbocycles. The summed E-state index contributed by atoms with van der Waals surface area (Å²) in [7, 11) is 0. The van der Waals surface area contributed by atoms with Gasteiger partial charge in [0.05, 0.1) is 11.7 Å². The van der Waals surface area contributed by atoms with Crippen molar-refractivity contribution < 1.29 is 4.79 Å². The van der Waals surface area contributed by atoms with E-state index >= 15 is 0 Å². The molecule has 26 heavy (non-hydrogen) atoms. The molecule has 0 bridgehead atoms. The molecule has 2 N–H and O–H groups in total. The van der Waals surface area contributed by atoms with E-state index in [0.717, 1.165) is 35.4 Å². The van der Waals surface area contributed by atoms with Gasteiger partial charge in [0.1, 0.15) is 0 Å². The minimum absolute atomic E-state index is 0.00112. The molecule has 3 rings (SSSR count). The molecular formula is C20H29N5O. The van der Waals surface area contributed by atoms with E-state index in [1.807, 2.05) is 37.8 Å². The molecule has 140 valence electrons. The zero-order chi connectivity index (χ0) is 18.5. The summed E-state index contributed by atoms with van der Waals surface area (Å²) in [6.45, 7) is 6.61. The number of aryl methyl sites for hydroxylation is 2. The van der Waals surface area contributed by atoms with Crippen LogP contribution in [0.3, 0.4) is 0 Å². The van der Waals surface area contributed by atoms with Crippen molar-refractivity contribution in [2.45, 2.75) is 71.5 Å². The second-order valence-electron chi connectivity index (χ2n) is 7.29. The molecule has 0 spiro atoms. The first kappa shape index (κ1) is 18.4. The number of nitrogens with one attached hydrogen (secondary N) is 2. The molecule has 0 aliphatic heterocycles. The number of carbonyl (C=O) groups excluding carboxylic acids is 1. The Morgan fingerprint density at radius 3 is 2.58 bits per heavy atom. The fraction of sp³-hybridized carbons (Fsp3) is 0.550. The molecule has 2 heterocycles. The number of H-pyrrole nitrogens is 1. The predicted octanol–water partition coefficient (Wildman–Crippen LogP) is 4.03. The van der Waals surface area contributed by atoms with E-state index in [-0.39, 0.29) is 12.1 Å². The van der Waals surface area contributed by atoms with Gasteiger partial charge in [0, 0.05) is 36.2 Å². The molecule has 1 saturated carbocycles. The lowest BCUT2D eigenvalue weighted by Gasteiger charge is -2.35. The molecular weight excluding hydrogens is 326 g/mol. The van der Waals surface area contributed by atoms with Crippen LogP contribution in [-0.4, -0.2) is 32.2 Å². The van der Waals surface area contributed by atoms with E-state index in [1.54, 1.807) is 12.4 Å². The van der Waals surface area contributed by atoms with Gasteiger partial charge in [-0.05, 0) is 51.3 Å². The van der Waals surface area contributed by atoms with Crippen LogP contribution in [0.15, 0.2) is 24.5 Å². The third kappa shape index (κ3) is 4.23. The topological polar surface area (TPSA) is 73.9 Å². The summed E-state index contributed by atoms with van der Waals surface area (Å²) in [4.78, 5) is 19.2. The molecule has 2 amide bonds. The maximum absolute atomic E-state index is 13.1. The van der Waals surface area contributed by atoms with E-state index in [0.29, 0.717) is 12.6 Å². The first-order valence-corrected chi connectivity index (χ1v) is 9.53. The summed E-state index contributed by atoms with van der Waals surface area (Å²) in [5.41, 5.74) is 4.14. The van der Waals surface area contributed by atoms with Gasteiger partial charge in [-0.15, -0.1) is 0 Å². The number of rotatable bonds is 5. The Labute approximate surface area is 155 Å². The van der Waals surface area contributed by atoms with E-state index in [9.17, 15) is 4.79 Å². The summed E-state index contributed by atoms with van der Waals surface area (Å²) in [5.74, 6) is 0. The molecule has 6 nitrogen and oxygen atoms in total. The van der Waals surface area contributed by atoms with Gasteiger partial charge in [-0.25, -0.2) is 4.79 Å². The number of urea groups is 1. The van der Waals surface area contributed by atoms with Crippen molar-refractivity contribution in [2.75, 3.05) is 0 Å². The van der Waals surface area contributed by atoms with Gasteiger partial charge in [-0.1, -0.05) is 19.3 Å². The molecule has 6 heteroatoms. The van der Waals surface area contributed by atoms with Crippen LogP contribution in [0, 0.1) is 13.8 Å². The Morgan fingerprint density at radius 2 is 1.96 bits per heavy atom. The van der Waals surface area contributed by atoms with E-state index in [2.05, 4.69) is 20.5 Å². The number of aromatic nitrogens is 3. The van der Waals surface area contributed by atoms with Gasteiger partial charge in [0.15, 0.2) is 0 Å². The number of pyridine rings is 1. The number of nitrogens with zero attached hydrogens (tertiary/aromatic N) is 3. The van der Waals surface area contributed by atoms with Gasteiger partial charge in [-0.3, -0.25) is 10.1 Å². The second-order valence-corrected chi connectivity index (χ2v) is 7.29. The van der Waals surface area contributed by atoms with Crippen molar-refractivity contribution in [1.82, 2.24) is 25.4 Å². The molecule has 1 atom stereocenters. The molecule has 0 saturated heterocycles. The summed E-state index contributed by atoms with van der Waals surface area (Å²) >= 11 is 0. The van der Waals surface area contributed by atoms with E-state index in [4.69, 9.17) is 0 Å². The number of hydrogen-bond donors (Lipinski definition) is 2. The van der Waals surface area contributed by atoms with Crippen LogP contribution in [0.1, 0.15) is 67.6 Å². The summed E-state index contributed by atoms with van der Waals surface area (Å²) in [5, 5.41) is 10.4. The number of aromatic amines is 1. The third-order valence-electron chi connectivity index (χ3n) is 5.34. The number of hydrogen-bond acceptors (Lipinski definition) is 3. The van der Waals surface area contributed by atoms with Gasteiger partial charge in [0.2, 0.25) is 0 Å². The highest BCUT2D eigenvalue weighted by Crippen LogP contribution is 2.25. The smallest absolute Gasteiger partial charge is 0.318 e. The first-order valence-electron chi connectivity index (χ1n) is 9.53. The third-order valence-corrected chi connectivity index (χ3v) is 5.34. The van der Waals surface area contributed by atoms with E-state index in [1.165, 1.54) is 19.3 Å². The average molecular weight is 355 g/mol. The largest absolute Gasteiger partial charge is 0.331 e. The van der Waals surface area contributed by atoms with Crippen molar-refractivity contribution in [2.24, 2.45) is 0 Å². The van der Waals surface area contributed by atoms with Gasteiger partial charge >= 0.3 is 6.03 Å². The molecule has 1 aliphatic carbocycles. The van der Waals surface area contributed by atoms with Crippen LogP contribution < -0.4 is 5.32 Å². The molecule has 1 aliphatic rings. The van der Waals surface area contributed by atoms with Crippen molar-refractivity contribution in [3.63, 3.8) is 0 Å². The summed E-state index contributed by atoms with van der Waals surface area (Å²) in [6.07, 6.45) is 9.39. The average Bonchev–Trinajstić information content (AvgIpc) is 2.99. The zero-order valence-corrected chi connectivity index (χ0v) is 16.0. The normalized spacial score (nSPS) is 16.3. The highest BCUT2D eigenvalue weighted by atomic mass is 16.2. The fourth-order valence-corrected chi connectivity index (χ4v) is 3.98. The van der Waals surface area contributed by atoms with Gasteiger partial charge < -0.3 is 10.2 Å². The Kier molecular flexibility index (Phi) is 5.91. The highest BCUT2D eigenvalue weighted by molar-refractivity contribution is 5.75. The van der Waals surface area contributed by atoms with Crippen molar-refractivity contribution in [3.8, 4) is 0 Å². The van der Waals surface area contributed by atoms with Crippen LogP contribution in [-0.2, 0) is 6.54 Å². The Bertz CT molecular complexity index is 702. The molecule has 0 unspecified atom stereocenters. The van der Waals surface area contributed by atoms with Crippen molar-refractivity contribution in [3.05, 3.63) is 47.0 Å². The Balaban J connectivity index is 1.75. The van der Waals surface area contributed by atoms with Crippen LogP contribution in [0.2, 0.25) is 0 Å². The highest BCUT2D eigenvalue weighted by Gasteiger charge is 2.27. The maximum Gasteiger partial charge on any atom is 0.318 e. The second kappa shape index (κ2) is 8.34. The predicted molar refractivity (Wildman–Crippen MR) is 102 cm³/mol. The van der Waals surface area contributed by atoms with E-state index < -0.39 is 0 Å². The van der Waals surface area contributed by atoms with Crippen molar-refractivity contribution >= 4 is 6.03 Å². The van der Waals surface area contributed by atoms with Crippen LogP contribution in [0.4, 0.5) is 4.79 Å². The Hall–Kier alpha value is -2.37. The zero-order valence-electron chi connectivity index (χ0n) is 16.0. The van der Waals surface area contributed by atoms with Crippen LogP contribution in [0.5, 0.6) is 0 Å². The number of carbonyl (C=O) groups is 1. The monoisotopic (exact) mass is 355 g/mol. The summed E-state index contributed by atoms with van der Waals surface area (Å²) in [6, 6.07) is 4.19. The molecule has 2 aromatic rings. The molecule has 2 aromatic heterocycles. The van der Waals surface area contributed by atoms with Crippen LogP contribution >= 0.6 is 0 Å². The quantitative estimate of drug-likeness (QED) is 0.850. The first-order chi connectivity index (χ1) is 12.6. The minimum Gasteiger partial charge on any atom is -0.331 e. The van der Waals surface area contributed by atoms with Crippen molar-refractivity contribution in [1.29, 1.82) is 0 Å². The fourth-order valence-electron chi connectivity index (χ4n) is 3.98. The lowest BCUT2D eigenvalue weighted by molar-refractivity contribution is 0.148. The SMILES string of the molecule is Cc1n[nH]c(C)c1[C@@H](C)NC(=O)N(Cc1ccncc1)C1CCCCC1. The molecule has 1 fully saturated rings. The minimum atomic E-state index is -0.0789. The van der Waals surface area contributed by atoms with Crippen LogP contribution in [0.25, 0.3) is 0 Å². The standard InChI is InChI=1S/C20H29N5O/c1-14(19-15(2)23-24-16(19)3)22-20(26)25(18-7-5-4-6-8-18)13-17-9-11-21-12-10-17/h9-12,14,18H,4-8,13H2,1-3H3,(H,22,26)(H,23,24)/t14-/m1/s1. The summed E-state index contributed by atoms with van der Waals surface area (Å²) < 4.78 is 0. The lowest BCUT2D eigenvalue weighted by atomic mass is 9.94. The molecule has 0 radical (unpaired) electrons. The lowest BCUT2D eigenvalue weighted by Crippen LogP contribution is -2.47. The van der Waals surface area contributed by atoms with Gasteiger partial charge in [-0.2, -0.15) is 5.10 Å². The number of amides is 2. The maximum atomic E-state index is 13.1. The van der Waals surface area contributed by atoms with Gasteiger partial charge in [0.25, 0.3) is 0 Å².